The molecule has 1 N–H and O–H groups in total. The molecule has 1 aromatic carbocycles. The van der Waals surface area contributed by atoms with Gasteiger partial charge in [-0.2, -0.15) is 5.10 Å². The molecule has 3 rings (SSSR count). The van der Waals surface area contributed by atoms with Crippen molar-refractivity contribution in [2.45, 2.75) is 6.92 Å². The number of para-hydroxylation sites is 1. The summed E-state index contributed by atoms with van der Waals surface area (Å²) in [7, 11) is 0. The van der Waals surface area contributed by atoms with E-state index < -0.39 is 0 Å². The summed E-state index contributed by atoms with van der Waals surface area (Å²) in [5.74, 6) is 0.877. The Labute approximate surface area is 104 Å². The molecule has 0 fully saturated rings. The molecule has 0 bridgehead atoms. The third-order valence-electron chi connectivity index (χ3n) is 2.87. The van der Waals surface area contributed by atoms with Gasteiger partial charge in [-0.15, -0.1) is 0 Å². The predicted molar refractivity (Wildman–Crippen MR) is 70.8 cm³/mol. The first-order valence-electron chi connectivity index (χ1n) is 5.87. The Morgan fingerprint density at radius 1 is 1.17 bits per heavy atom. The zero-order valence-corrected chi connectivity index (χ0v) is 10.0. The lowest BCUT2D eigenvalue weighted by molar-refractivity contribution is 0.989. The van der Waals surface area contributed by atoms with Crippen molar-refractivity contribution < 1.29 is 0 Å². The molecule has 2 heterocycles. The molecule has 0 unspecified atom stereocenters. The van der Waals surface area contributed by atoms with Crippen LogP contribution < -0.4 is 4.90 Å². The van der Waals surface area contributed by atoms with Gasteiger partial charge >= 0.3 is 0 Å². The summed E-state index contributed by atoms with van der Waals surface area (Å²) in [4.78, 5) is 10.7. The fourth-order valence-electron chi connectivity index (χ4n) is 2.03. The molecule has 18 heavy (non-hydrogen) atoms. The van der Waals surface area contributed by atoms with Gasteiger partial charge in [0.2, 0.25) is 0 Å². The van der Waals surface area contributed by atoms with Gasteiger partial charge in [0.05, 0.1) is 11.6 Å². The maximum absolute atomic E-state index is 4.38. The van der Waals surface area contributed by atoms with Crippen LogP contribution in [0.1, 0.15) is 6.92 Å². The van der Waals surface area contributed by atoms with E-state index in [-0.39, 0.29) is 0 Å². The average molecular weight is 239 g/mol. The number of rotatable bonds is 3. The number of H-pyrrole nitrogens is 1. The molecular formula is C13H13N5. The van der Waals surface area contributed by atoms with Gasteiger partial charge in [-0.1, -0.05) is 18.2 Å². The summed E-state index contributed by atoms with van der Waals surface area (Å²) >= 11 is 0. The van der Waals surface area contributed by atoms with Crippen molar-refractivity contribution in [3.63, 3.8) is 0 Å². The van der Waals surface area contributed by atoms with E-state index in [0.717, 1.165) is 29.1 Å². The highest BCUT2D eigenvalue weighted by Gasteiger charge is 2.13. The lowest BCUT2D eigenvalue weighted by Gasteiger charge is -2.22. The highest BCUT2D eigenvalue weighted by Crippen LogP contribution is 2.27. The average Bonchev–Trinajstić information content (AvgIpc) is 2.90. The summed E-state index contributed by atoms with van der Waals surface area (Å²) in [6.07, 6.45) is 3.32. The van der Waals surface area contributed by atoms with E-state index >= 15 is 0 Å². The van der Waals surface area contributed by atoms with Crippen molar-refractivity contribution in [2.75, 3.05) is 11.4 Å². The number of nitrogens with one attached hydrogen (secondary N) is 1. The Morgan fingerprint density at radius 2 is 2.00 bits per heavy atom. The van der Waals surface area contributed by atoms with Crippen LogP contribution >= 0.6 is 0 Å². The van der Waals surface area contributed by atoms with Crippen molar-refractivity contribution in [3.05, 3.63) is 42.9 Å². The third kappa shape index (κ3) is 1.69. The normalized spacial score (nSPS) is 10.7. The molecule has 5 heteroatoms. The SMILES string of the molecule is CCN(c1ccccc1)c1ncnc2[nH]ncc12. The van der Waals surface area contributed by atoms with Crippen LogP contribution in [-0.2, 0) is 0 Å². The van der Waals surface area contributed by atoms with Gasteiger partial charge in [-0.05, 0) is 19.1 Å². The lowest BCUT2D eigenvalue weighted by Crippen LogP contribution is -2.17. The minimum atomic E-state index is 0.759. The molecule has 0 saturated heterocycles. The molecule has 0 spiro atoms. The number of hydrogen-bond acceptors (Lipinski definition) is 4. The molecule has 0 aliphatic heterocycles. The maximum atomic E-state index is 4.38. The molecule has 0 saturated carbocycles. The quantitative estimate of drug-likeness (QED) is 0.763. The van der Waals surface area contributed by atoms with Crippen molar-refractivity contribution in [1.29, 1.82) is 0 Å². The second-order valence-corrected chi connectivity index (χ2v) is 3.91. The van der Waals surface area contributed by atoms with Crippen LogP contribution in [0.5, 0.6) is 0 Å². The monoisotopic (exact) mass is 239 g/mol. The van der Waals surface area contributed by atoms with Crippen LogP contribution in [0.25, 0.3) is 11.0 Å². The van der Waals surface area contributed by atoms with Crippen molar-refractivity contribution >= 4 is 22.5 Å². The van der Waals surface area contributed by atoms with Gasteiger partial charge in [-0.3, -0.25) is 5.10 Å². The van der Waals surface area contributed by atoms with E-state index in [9.17, 15) is 0 Å². The first kappa shape index (κ1) is 10.7. The number of benzene rings is 1. The molecule has 3 aromatic rings. The smallest absolute Gasteiger partial charge is 0.160 e. The van der Waals surface area contributed by atoms with Crippen LogP contribution in [0, 0.1) is 0 Å². The van der Waals surface area contributed by atoms with Gasteiger partial charge < -0.3 is 4.90 Å². The minimum absolute atomic E-state index is 0.759. The molecule has 90 valence electrons. The fourth-order valence-corrected chi connectivity index (χ4v) is 2.03. The zero-order valence-electron chi connectivity index (χ0n) is 10.0. The van der Waals surface area contributed by atoms with E-state index in [0.29, 0.717) is 0 Å². The molecule has 0 aliphatic rings. The molecule has 0 aliphatic carbocycles. The van der Waals surface area contributed by atoms with Crippen LogP contribution in [0.3, 0.4) is 0 Å². The highest BCUT2D eigenvalue weighted by atomic mass is 15.2. The summed E-state index contributed by atoms with van der Waals surface area (Å²) in [6, 6.07) is 10.2. The largest absolute Gasteiger partial charge is 0.326 e. The number of aromatic amines is 1. The zero-order chi connectivity index (χ0) is 12.4. The second-order valence-electron chi connectivity index (χ2n) is 3.91. The molecule has 0 atom stereocenters. The molecule has 0 amide bonds. The highest BCUT2D eigenvalue weighted by molar-refractivity contribution is 5.88. The second kappa shape index (κ2) is 4.44. The fraction of sp³-hybridized carbons (Fsp3) is 0.154. The topological polar surface area (TPSA) is 57.7 Å². The first-order chi connectivity index (χ1) is 8.90. The van der Waals surface area contributed by atoms with E-state index in [4.69, 9.17) is 0 Å². The number of aromatic nitrogens is 4. The van der Waals surface area contributed by atoms with Crippen molar-refractivity contribution in [1.82, 2.24) is 20.2 Å². The Balaban J connectivity index is 2.15. The van der Waals surface area contributed by atoms with E-state index in [1.165, 1.54) is 0 Å². The Kier molecular flexibility index (Phi) is 2.64. The van der Waals surface area contributed by atoms with E-state index in [1.807, 2.05) is 18.2 Å². The van der Waals surface area contributed by atoms with Gasteiger partial charge in [0.15, 0.2) is 5.65 Å². The Morgan fingerprint density at radius 3 is 2.78 bits per heavy atom. The number of nitrogens with zero attached hydrogens (tertiary/aromatic N) is 4. The lowest BCUT2D eigenvalue weighted by atomic mass is 10.2. The first-order valence-corrected chi connectivity index (χ1v) is 5.87. The predicted octanol–water partition coefficient (Wildman–Crippen LogP) is 2.51. The third-order valence-corrected chi connectivity index (χ3v) is 2.87. The van der Waals surface area contributed by atoms with E-state index in [1.54, 1.807) is 12.5 Å². The van der Waals surface area contributed by atoms with Crippen LogP contribution in [-0.4, -0.2) is 26.7 Å². The van der Waals surface area contributed by atoms with Crippen molar-refractivity contribution in [2.24, 2.45) is 0 Å². The van der Waals surface area contributed by atoms with Gasteiger partial charge in [-0.25, -0.2) is 9.97 Å². The molecule has 2 aromatic heterocycles. The summed E-state index contributed by atoms with van der Waals surface area (Å²) in [5.41, 5.74) is 1.87. The number of hydrogen-bond donors (Lipinski definition) is 1. The standard InChI is InChI=1S/C13H13N5/c1-2-18(10-6-4-3-5-7-10)13-11-8-16-17-12(11)14-9-15-13/h3-9H,2H2,1H3,(H,14,15,16,17). The Bertz CT molecular complexity index is 647. The van der Waals surface area contributed by atoms with Crippen LogP contribution in [0.4, 0.5) is 11.5 Å². The van der Waals surface area contributed by atoms with Crippen molar-refractivity contribution in [3.8, 4) is 0 Å². The van der Waals surface area contributed by atoms with Gasteiger partial charge in [0, 0.05) is 12.2 Å². The summed E-state index contributed by atoms with van der Waals surface area (Å²) < 4.78 is 0. The van der Waals surface area contributed by atoms with Crippen LogP contribution in [0.2, 0.25) is 0 Å². The van der Waals surface area contributed by atoms with E-state index in [2.05, 4.69) is 44.1 Å². The minimum Gasteiger partial charge on any atom is -0.326 e. The molecule has 5 nitrogen and oxygen atoms in total. The number of anilines is 2. The van der Waals surface area contributed by atoms with Gasteiger partial charge in [0.25, 0.3) is 0 Å². The Hall–Kier alpha value is -2.43. The van der Waals surface area contributed by atoms with Crippen LogP contribution in [0.15, 0.2) is 42.9 Å². The maximum Gasteiger partial charge on any atom is 0.160 e. The molecule has 0 radical (unpaired) electrons. The van der Waals surface area contributed by atoms with Gasteiger partial charge in [0.1, 0.15) is 12.1 Å². The molecular weight excluding hydrogens is 226 g/mol. The summed E-state index contributed by atoms with van der Waals surface area (Å²) in [5, 5.41) is 7.81. The summed E-state index contributed by atoms with van der Waals surface area (Å²) in [6.45, 7) is 2.93. The number of fused-ring (bicyclic) bond motifs is 1.